The smallest absolute Gasteiger partial charge is 0.0141 e. The number of allylic oxidation sites excluding steroid dienone is 3. The zero-order chi connectivity index (χ0) is 7.40. The molecule has 56 valence electrons. The Hall–Kier alpha value is -0.520. The fraction of sp³-hybridized carbons (Fsp3) is 0.600. The van der Waals surface area contributed by atoms with Gasteiger partial charge in [-0.3, -0.25) is 0 Å². The van der Waals surface area contributed by atoms with Crippen molar-refractivity contribution >= 4 is 0 Å². The standard InChI is InChI=1S/C10H16/c1-3-5-10-7-4-6-9(2)8-10/h3,8-9H,1,4-7H2,2H3. The minimum absolute atomic E-state index is 0.809. The minimum Gasteiger partial charge on any atom is -0.103 e. The second-order valence-electron chi connectivity index (χ2n) is 3.19. The summed E-state index contributed by atoms with van der Waals surface area (Å²) in [7, 11) is 0. The first-order valence-corrected chi connectivity index (χ1v) is 4.13. The minimum atomic E-state index is 0.809. The average molecular weight is 136 g/mol. The number of rotatable bonds is 2. The molecular weight excluding hydrogens is 120 g/mol. The van der Waals surface area contributed by atoms with E-state index in [0.717, 1.165) is 12.3 Å². The molecule has 0 saturated heterocycles. The van der Waals surface area contributed by atoms with E-state index in [9.17, 15) is 0 Å². The Bertz CT molecular complexity index is 142. The molecule has 0 aromatic heterocycles. The lowest BCUT2D eigenvalue weighted by molar-refractivity contribution is 0.563. The third-order valence-electron chi connectivity index (χ3n) is 2.08. The molecule has 0 N–H and O–H groups in total. The molecular formula is C10H16. The summed E-state index contributed by atoms with van der Waals surface area (Å²) in [6, 6.07) is 0. The van der Waals surface area contributed by atoms with Gasteiger partial charge < -0.3 is 0 Å². The normalized spacial score (nSPS) is 25.7. The molecule has 0 aromatic rings. The summed E-state index contributed by atoms with van der Waals surface area (Å²) in [5, 5.41) is 0. The van der Waals surface area contributed by atoms with Crippen molar-refractivity contribution in [1.82, 2.24) is 0 Å². The lowest BCUT2D eigenvalue weighted by Gasteiger charge is -2.16. The van der Waals surface area contributed by atoms with Crippen LogP contribution in [0.5, 0.6) is 0 Å². The molecule has 10 heavy (non-hydrogen) atoms. The summed E-state index contributed by atoms with van der Waals surface area (Å²) in [6.07, 6.45) is 9.57. The summed E-state index contributed by atoms with van der Waals surface area (Å²) >= 11 is 0. The van der Waals surface area contributed by atoms with Crippen LogP contribution in [-0.2, 0) is 0 Å². The summed E-state index contributed by atoms with van der Waals surface area (Å²) in [5.74, 6) is 0.809. The first kappa shape index (κ1) is 7.59. The monoisotopic (exact) mass is 136 g/mol. The third-order valence-corrected chi connectivity index (χ3v) is 2.08. The van der Waals surface area contributed by atoms with E-state index < -0.39 is 0 Å². The quantitative estimate of drug-likeness (QED) is 0.511. The van der Waals surface area contributed by atoms with Gasteiger partial charge in [-0.2, -0.15) is 0 Å². The lowest BCUT2D eigenvalue weighted by Crippen LogP contribution is -1.99. The van der Waals surface area contributed by atoms with E-state index in [1.165, 1.54) is 19.3 Å². The molecule has 0 amide bonds. The molecule has 1 aliphatic carbocycles. The number of hydrogen-bond acceptors (Lipinski definition) is 0. The number of hydrogen-bond donors (Lipinski definition) is 0. The van der Waals surface area contributed by atoms with Gasteiger partial charge in [0.05, 0.1) is 0 Å². The average Bonchev–Trinajstić information content (AvgIpc) is 1.88. The molecule has 0 nitrogen and oxygen atoms in total. The van der Waals surface area contributed by atoms with Gasteiger partial charge in [-0.05, 0) is 31.6 Å². The zero-order valence-corrected chi connectivity index (χ0v) is 6.77. The van der Waals surface area contributed by atoms with E-state index in [1.807, 2.05) is 6.08 Å². The van der Waals surface area contributed by atoms with Gasteiger partial charge in [-0.1, -0.05) is 24.6 Å². The maximum absolute atomic E-state index is 3.74. The van der Waals surface area contributed by atoms with E-state index in [2.05, 4.69) is 19.6 Å². The molecule has 0 bridgehead atoms. The second kappa shape index (κ2) is 3.60. The molecule has 0 spiro atoms. The third kappa shape index (κ3) is 2.02. The Morgan fingerprint density at radius 2 is 2.60 bits per heavy atom. The Balaban J connectivity index is 2.48. The molecule has 1 rings (SSSR count). The van der Waals surface area contributed by atoms with Crippen LogP contribution >= 0.6 is 0 Å². The SMILES string of the molecule is C=CCC1=CC(C)CCC1. The molecule has 1 aliphatic rings. The first-order valence-electron chi connectivity index (χ1n) is 4.13. The zero-order valence-electron chi connectivity index (χ0n) is 6.77. The second-order valence-corrected chi connectivity index (χ2v) is 3.19. The van der Waals surface area contributed by atoms with Crippen molar-refractivity contribution in [3.8, 4) is 0 Å². The topological polar surface area (TPSA) is 0 Å². The van der Waals surface area contributed by atoms with Gasteiger partial charge >= 0.3 is 0 Å². The van der Waals surface area contributed by atoms with Crippen LogP contribution in [0.3, 0.4) is 0 Å². The van der Waals surface area contributed by atoms with Crippen molar-refractivity contribution in [2.45, 2.75) is 32.6 Å². The largest absolute Gasteiger partial charge is 0.103 e. The van der Waals surface area contributed by atoms with Gasteiger partial charge in [0.2, 0.25) is 0 Å². The van der Waals surface area contributed by atoms with Crippen molar-refractivity contribution < 1.29 is 0 Å². The van der Waals surface area contributed by atoms with Gasteiger partial charge in [0, 0.05) is 0 Å². The van der Waals surface area contributed by atoms with Gasteiger partial charge in [0.1, 0.15) is 0 Å². The van der Waals surface area contributed by atoms with Crippen LogP contribution in [-0.4, -0.2) is 0 Å². The van der Waals surface area contributed by atoms with Crippen molar-refractivity contribution in [3.63, 3.8) is 0 Å². The van der Waals surface area contributed by atoms with Crippen molar-refractivity contribution in [2.24, 2.45) is 5.92 Å². The molecule has 0 heteroatoms. The Morgan fingerprint density at radius 1 is 1.80 bits per heavy atom. The maximum Gasteiger partial charge on any atom is -0.0141 e. The highest BCUT2D eigenvalue weighted by Crippen LogP contribution is 2.24. The predicted molar refractivity (Wildman–Crippen MR) is 45.9 cm³/mol. The lowest BCUT2D eigenvalue weighted by atomic mass is 9.90. The van der Waals surface area contributed by atoms with Crippen molar-refractivity contribution in [3.05, 3.63) is 24.3 Å². The van der Waals surface area contributed by atoms with Crippen molar-refractivity contribution in [1.29, 1.82) is 0 Å². The summed E-state index contributed by atoms with van der Waals surface area (Å²) < 4.78 is 0. The van der Waals surface area contributed by atoms with Gasteiger partial charge in [-0.15, -0.1) is 6.58 Å². The van der Waals surface area contributed by atoms with Crippen LogP contribution in [0.4, 0.5) is 0 Å². The molecule has 1 unspecified atom stereocenters. The van der Waals surface area contributed by atoms with Crippen LogP contribution in [0.1, 0.15) is 32.6 Å². The highest BCUT2D eigenvalue weighted by Gasteiger charge is 2.07. The van der Waals surface area contributed by atoms with Gasteiger partial charge in [0.15, 0.2) is 0 Å². The van der Waals surface area contributed by atoms with Crippen LogP contribution in [0.15, 0.2) is 24.3 Å². The first-order chi connectivity index (χ1) is 4.83. The van der Waals surface area contributed by atoms with E-state index in [1.54, 1.807) is 5.57 Å². The van der Waals surface area contributed by atoms with E-state index in [-0.39, 0.29) is 0 Å². The van der Waals surface area contributed by atoms with Gasteiger partial charge in [0.25, 0.3) is 0 Å². The molecule has 0 radical (unpaired) electrons. The van der Waals surface area contributed by atoms with Crippen LogP contribution in [0.25, 0.3) is 0 Å². The fourth-order valence-corrected chi connectivity index (χ4v) is 1.58. The predicted octanol–water partition coefficient (Wildman–Crippen LogP) is 3.31. The molecule has 1 atom stereocenters. The van der Waals surface area contributed by atoms with E-state index in [4.69, 9.17) is 0 Å². The molecule has 0 saturated carbocycles. The van der Waals surface area contributed by atoms with Crippen molar-refractivity contribution in [2.75, 3.05) is 0 Å². The summed E-state index contributed by atoms with van der Waals surface area (Å²) in [6.45, 7) is 6.03. The summed E-state index contributed by atoms with van der Waals surface area (Å²) in [4.78, 5) is 0. The molecule has 0 heterocycles. The highest BCUT2D eigenvalue weighted by molar-refractivity contribution is 5.10. The van der Waals surface area contributed by atoms with Crippen LogP contribution < -0.4 is 0 Å². The van der Waals surface area contributed by atoms with Crippen LogP contribution in [0.2, 0.25) is 0 Å². The highest BCUT2D eigenvalue weighted by atomic mass is 14.1. The Labute approximate surface area is 63.6 Å². The fourth-order valence-electron chi connectivity index (χ4n) is 1.58. The van der Waals surface area contributed by atoms with Gasteiger partial charge in [-0.25, -0.2) is 0 Å². The Kier molecular flexibility index (Phi) is 2.73. The molecule has 0 aliphatic heterocycles. The maximum atomic E-state index is 3.74. The van der Waals surface area contributed by atoms with E-state index in [0.29, 0.717) is 0 Å². The van der Waals surface area contributed by atoms with E-state index >= 15 is 0 Å². The molecule has 0 aromatic carbocycles. The summed E-state index contributed by atoms with van der Waals surface area (Å²) in [5.41, 5.74) is 1.59. The Morgan fingerprint density at radius 3 is 3.20 bits per heavy atom. The molecule has 0 fully saturated rings. The van der Waals surface area contributed by atoms with Crippen LogP contribution in [0, 0.1) is 5.92 Å².